The quantitative estimate of drug-likeness (QED) is 0.674. The van der Waals surface area contributed by atoms with Crippen molar-refractivity contribution in [2.45, 2.75) is 13.0 Å². The Labute approximate surface area is 81.3 Å². The Bertz CT molecular complexity index is 392. The van der Waals surface area contributed by atoms with Crippen LogP contribution < -0.4 is 10.6 Å². The molecule has 2 N–H and O–H groups in total. The zero-order valence-electron chi connectivity index (χ0n) is 7.83. The van der Waals surface area contributed by atoms with Crippen LogP contribution in [0.15, 0.2) is 18.2 Å². The van der Waals surface area contributed by atoms with Crippen LogP contribution in [0.5, 0.6) is 0 Å². The van der Waals surface area contributed by atoms with E-state index in [1.807, 2.05) is 0 Å². The lowest BCUT2D eigenvalue weighted by atomic mass is 10.1. The largest absolute Gasteiger partial charge is 0.322 e. The molecule has 2 rings (SSSR count). The molecular formula is C10H11FN2O. The average Bonchev–Trinajstić information content (AvgIpc) is 2.43. The van der Waals surface area contributed by atoms with Crippen LogP contribution in [0.3, 0.4) is 0 Å². The number of nitrogens with zero attached hydrogens (tertiary/aromatic N) is 1. The van der Waals surface area contributed by atoms with Gasteiger partial charge in [-0.05, 0) is 17.7 Å². The average molecular weight is 194 g/mol. The molecule has 0 bridgehead atoms. The van der Waals surface area contributed by atoms with E-state index in [0.29, 0.717) is 12.2 Å². The molecular weight excluding hydrogens is 183 g/mol. The predicted octanol–water partition coefficient (Wildman–Crippen LogP) is 1.19. The number of fused-ring (bicyclic) bond motifs is 1. The fourth-order valence-corrected chi connectivity index (χ4v) is 1.76. The van der Waals surface area contributed by atoms with E-state index in [2.05, 4.69) is 0 Å². The first-order valence-corrected chi connectivity index (χ1v) is 4.42. The highest BCUT2D eigenvalue weighted by molar-refractivity contribution is 5.94. The van der Waals surface area contributed by atoms with Crippen molar-refractivity contribution in [1.82, 2.24) is 0 Å². The third kappa shape index (κ3) is 1.28. The molecule has 0 saturated heterocycles. The second-order valence-electron chi connectivity index (χ2n) is 3.44. The molecule has 1 aliphatic heterocycles. The maximum absolute atomic E-state index is 12.9. The molecule has 1 unspecified atom stereocenters. The number of carbonyl (C=O) groups excluding carboxylic acids is 1. The zero-order chi connectivity index (χ0) is 10.3. The minimum Gasteiger partial charge on any atom is -0.322 e. The standard InChI is InChI=1S/C10H11FN2O/c1-6(14)13-5-9(12)8-3-2-7(11)4-10(8)13/h2-4,9H,5,12H2,1H3. The molecule has 14 heavy (non-hydrogen) atoms. The molecule has 1 aromatic rings. The van der Waals surface area contributed by atoms with E-state index in [9.17, 15) is 9.18 Å². The smallest absolute Gasteiger partial charge is 0.223 e. The topological polar surface area (TPSA) is 46.3 Å². The van der Waals surface area contributed by atoms with Crippen LogP contribution in [0.4, 0.5) is 10.1 Å². The summed E-state index contributed by atoms with van der Waals surface area (Å²) in [7, 11) is 0. The summed E-state index contributed by atoms with van der Waals surface area (Å²) < 4.78 is 12.9. The number of anilines is 1. The highest BCUT2D eigenvalue weighted by Gasteiger charge is 2.28. The van der Waals surface area contributed by atoms with Gasteiger partial charge in [-0.2, -0.15) is 0 Å². The molecule has 0 spiro atoms. The highest BCUT2D eigenvalue weighted by atomic mass is 19.1. The van der Waals surface area contributed by atoms with Crippen LogP contribution in [0.25, 0.3) is 0 Å². The Morgan fingerprint density at radius 1 is 1.64 bits per heavy atom. The van der Waals surface area contributed by atoms with Crippen LogP contribution in [-0.4, -0.2) is 12.5 Å². The van der Waals surface area contributed by atoms with Gasteiger partial charge >= 0.3 is 0 Å². The lowest BCUT2D eigenvalue weighted by Gasteiger charge is -2.14. The molecule has 1 aromatic carbocycles. The number of hydrogen-bond donors (Lipinski definition) is 1. The summed E-state index contributed by atoms with van der Waals surface area (Å²) in [5, 5.41) is 0. The molecule has 74 valence electrons. The fraction of sp³-hybridized carbons (Fsp3) is 0.300. The molecule has 0 aliphatic carbocycles. The number of carbonyl (C=O) groups is 1. The molecule has 1 aliphatic rings. The van der Waals surface area contributed by atoms with Gasteiger partial charge < -0.3 is 10.6 Å². The van der Waals surface area contributed by atoms with Gasteiger partial charge in [0.1, 0.15) is 5.82 Å². The Balaban J connectivity index is 2.51. The molecule has 3 nitrogen and oxygen atoms in total. The summed E-state index contributed by atoms with van der Waals surface area (Å²) in [6, 6.07) is 4.15. The van der Waals surface area contributed by atoms with Crippen molar-refractivity contribution >= 4 is 11.6 Å². The Kier molecular flexibility index (Phi) is 2.00. The Hall–Kier alpha value is -1.42. The van der Waals surface area contributed by atoms with Crippen molar-refractivity contribution < 1.29 is 9.18 Å². The van der Waals surface area contributed by atoms with Gasteiger partial charge in [-0.15, -0.1) is 0 Å². The van der Waals surface area contributed by atoms with Crippen LogP contribution in [-0.2, 0) is 4.79 Å². The molecule has 0 radical (unpaired) electrons. The maximum Gasteiger partial charge on any atom is 0.223 e. The fourth-order valence-electron chi connectivity index (χ4n) is 1.76. The molecule has 0 aromatic heterocycles. The first-order valence-electron chi connectivity index (χ1n) is 4.42. The van der Waals surface area contributed by atoms with Gasteiger partial charge in [-0.1, -0.05) is 6.07 Å². The zero-order valence-corrected chi connectivity index (χ0v) is 7.83. The van der Waals surface area contributed by atoms with Gasteiger partial charge in [0.05, 0.1) is 5.69 Å². The number of hydrogen-bond acceptors (Lipinski definition) is 2. The summed E-state index contributed by atoms with van der Waals surface area (Å²) in [6.07, 6.45) is 0. The molecule has 1 heterocycles. The van der Waals surface area contributed by atoms with E-state index >= 15 is 0 Å². The monoisotopic (exact) mass is 194 g/mol. The molecule has 1 atom stereocenters. The summed E-state index contributed by atoms with van der Waals surface area (Å²) >= 11 is 0. The van der Waals surface area contributed by atoms with Crippen molar-refractivity contribution in [3.05, 3.63) is 29.6 Å². The van der Waals surface area contributed by atoms with Crippen LogP contribution >= 0.6 is 0 Å². The lowest BCUT2D eigenvalue weighted by Crippen LogP contribution is -2.28. The van der Waals surface area contributed by atoms with Crippen LogP contribution in [0.2, 0.25) is 0 Å². The minimum absolute atomic E-state index is 0.107. The SMILES string of the molecule is CC(=O)N1CC(N)c2ccc(F)cc21. The van der Waals surface area contributed by atoms with Crippen LogP contribution in [0, 0.1) is 5.82 Å². The molecule has 4 heteroatoms. The van der Waals surface area contributed by atoms with Gasteiger partial charge in [0.25, 0.3) is 0 Å². The van der Waals surface area contributed by atoms with E-state index < -0.39 is 0 Å². The number of halogens is 1. The van der Waals surface area contributed by atoms with E-state index in [1.165, 1.54) is 24.0 Å². The highest BCUT2D eigenvalue weighted by Crippen LogP contribution is 2.33. The van der Waals surface area contributed by atoms with Gasteiger partial charge in [-0.25, -0.2) is 4.39 Å². The van der Waals surface area contributed by atoms with Gasteiger partial charge in [0.15, 0.2) is 0 Å². The van der Waals surface area contributed by atoms with Crippen molar-refractivity contribution in [3.63, 3.8) is 0 Å². The third-order valence-electron chi connectivity index (χ3n) is 2.44. The summed E-state index contributed by atoms with van der Waals surface area (Å²) in [5.74, 6) is -0.450. The van der Waals surface area contributed by atoms with Crippen molar-refractivity contribution in [1.29, 1.82) is 0 Å². The predicted molar refractivity (Wildman–Crippen MR) is 51.4 cm³/mol. The molecule has 0 fully saturated rings. The van der Waals surface area contributed by atoms with Crippen molar-refractivity contribution in [3.8, 4) is 0 Å². The summed E-state index contributed by atoms with van der Waals surface area (Å²) in [5.41, 5.74) is 7.24. The van der Waals surface area contributed by atoms with Crippen molar-refractivity contribution in [2.24, 2.45) is 5.73 Å². The second-order valence-corrected chi connectivity index (χ2v) is 3.44. The minimum atomic E-state index is -0.343. The van der Waals surface area contributed by atoms with E-state index in [4.69, 9.17) is 5.73 Å². The van der Waals surface area contributed by atoms with Gasteiger partial charge in [0.2, 0.25) is 5.91 Å². The number of rotatable bonds is 0. The third-order valence-corrected chi connectivity index (χ3v) is 2.44. The Morgan fingerprint density at radius 3 is 3.00 bits per heavy atom. The molecule has 0 saturated carbocycles. The van der Waals surface area contributed by atoms with E-state index in [0.717, 1.165) is 5.56 Å². The lowest BCUT2D eigenvalue weighted by molar-refractivity contribution is -0.116. The number of amides is 1. The Morgan fingerprint density at radius 2 is 2.36 bits per heavy atom. The molecule has 1 amide bonds. The summed E-state index contributed by atoms with van der Waals surface area (Å²) in [6.45, 7) is 1.89. The van der Waals surface area contributed by atoms with Gasteiger partial charge in [-0.3, -0.25) is 4.79 Å². The normalized spacial score (nSPS) is 19.6. The van der Waals surface area contributed by atoms with Crippen LogP contribution in [0.1, 0.15) is 18.5 Å². The number of benzene rings is 1. The maximum atomic E-state index is 12.9. The van der Waals surface area contributed by atoms with Gasteiger partial charge in [0, 0.05) is 19.5 Å². The van der Waals surface area contributed by atoms with Crippen molar-refractivity contribution in [2.75, 3.05) is 11.4 Å². The second kappa shape index (κ2) is 3.06. The first-order chi connectivity index (χ1) is 6.59. The number of nitrogens with two attached hydrogens (primary N) is 1. The van der Waals surface area contributed by atoms with E-state index in [-0.39, 0.29) is 17.8 Å². The summed E-state index contributed by atoms with van der Waals surface area (Å²) in [4.78, 5) is 12.7. The van der Waals surface area contributed by atoms with E-state index in [1.54, 1.807) is 6.07 Å². The first kappa shape index (κ1) is 9.15.